The van der Waals surface area contributed by atoms with Gasteiger partial charge in [-0.15, -0.1) is 0 Å². The molecule has 3 atom stereocenters. The fourth-order valence-electron chi connectivity index (χ4n) is 8.72. The minimum absolute atomic E-state index is 0.0289. The largest absolute Gasteiger partial charge is 0.506 e. The fourth-order valence-corrected chi connectivity index (χ4v) is 8.92. The number of halogens is 1. The zero-order valence-electron chi connectivity index (χ0n) is 27.2. The predicted molar refractivity (Wildman–Crippen MR) is 178 cm³/mol. The number of hydrogen-bond acceptors (Lipinski definition) is 8. The van der Waals surface area contributed by atoms with Crippen molar-refractivity contribution in [3.8, 4) is 5.75 Å². The van der Waals surface area contributed by atoms with Crippen LogP contribution in [0.25, 0.3) is 0 Å². The smallest absolute Gasteiger partial charge is 0.322 e. The first-order valence-electron chi connectivity index (χ1n) is 16.9. The van der Waals surface area contributed by atoms with Crippen molar-refractivity contribution in [3.05, 3.63) is 58.6 Å². The third kappa shape index (κ3) is 6.48. The molecular formula is C35H47ClN6O5. The Hall–Kier alpha value is -3.22. The van der Waals surface area contributed by atoms with E-state index in [1.165, 1.54) is 6.07 Å². The van der Waals surface area contributed by atoms with Crippen molar-refractivity contribution in [2.45, 2.75) is 88.1 Å². The Morgan fingerprint density at radius 3 is 2.51 bits per heavy atom. The van der Waals surface area contributed by atoms with Gasteiger partial charge < -0.3 is 40.7 Å². The summed E-state index contributed by atoms with van der Waals surface area (Å²) in [4.78, 5) is 46.6. The van der Waals surface area contributed by atoms with E-state index in [1.54, 1.807) is 12.1 Å². The van der Waals surface area contributed by atoms with E-state index in [2.05, 4.69) is 22.0 Å². The number of carbonyl (C=O) groups is 3. The van der Waals surface area contributed by atoms with Gasteiger partial charge in [0.25, 0.3) is 6.09 Å². The number of amides is 3. The summed E-state index contributed by atoms with van der Waals surface area (Å²) in [6.07, 6.45) is 4.48. The second kappa shape index (κ2) is 13.4. The predicted octanol–water partition coefficient (Wildman–Crippen LogP) is 3.52. The number of phenols is 1. The summed E-state index contributed by atoms with van der Waals surface area (Å²) in [5.41, 5.74) is 7.56. The quantitative estimate of drug-likeness (QED) is 0.301. The maximum Gasteiger partial charge on any atom is 0.322 e. The number of benzene rings is 2. The van der Waals surface area contributed by atoms with E-state index >= 15 is 0 Å². The molecule has 2 aromatic carbocycles. The minimum Gasteiger partial charge on any atom is -0.506 e. The molecule has 4 N–H and O–H groups in total. The molecule has 0 aliphatic carbocycles. The Labute approximate surface area is 281 Å². The first-order chi connectivity index (χ1) is 22.5. The number of rotatable bonds is 7. The zero-order valence-corrected chi connectivity index (χ0v) is 28.0. The molecule has 2 unspecified atom stereocenters. The van der Waals surface area contributed by atoms with Crippen LogP contribution in [-0.4, -0.2) is 105 Å². The van der Waals surface area contributed by atoms with Crippen molar-refractivity contribution in [3.63, 3.8) is 0 Å². The highest BCUT2D eigenvalue weighted by molar-refractivity contribution is 6.32. The number of nitrogens with two attached hydrogens (primary N) is 1. The lowest BCUT2D eigenvalue weighted by Crippen LogP contribution is -2.80. The molecule has 2 aromatic rings. The van der Waals surface area contributed by atoms with Crippen molar-refractivity contribution in [1.29, 1.82) is 0 Å². The highest BCUT2D eigenvalue weighted by atomic mass is 35.5. The average Bonchev–Trinajstić information content (AvgIpc) is 3.22. The Morgan fingerprint density at radius 2 is 1.83 bits per heavy atom. The Kier molecular flexibility index (Phi) is 9.57. The van der Waals surface area contributed by atoms with Crippen molar-refractivity contribution < 1.29 is 29.1 Å². The first-order valence-corrected chi connectivity index (χ1v) is 17.3. The van der Waals surface area contributed by atoms with E-state index in [0.29, 0.717) is 50.5 Å². The second-order valence-corrected chi connectivity index (χ2v) is 14.7. The molecule has 0 radical (unpaired) electrons. The third-order valence-electron chi connectivity index (χ3n) is 11.5. The summed E-state index contributed by atoms with van der Waals surface area (Å²) in [6.45, 7) is 5.89. The van der Waals surface area contributed by atoms with Crippen LogP contribution >= 0.6 is 11.6 Å². The summed E-state index contributed by atoms with van der Waals surface area (Å²) in [5, 5.41) is 26.9. The SMILES string of the molecule is CC1(N)CCN(C2CCN(C3(CC=O)CC(N4CCc5ccccc5NC4=O)CC[N@+]3(Cc3ccc(O)c(Cl)c3)C(=O)[O-])CC2)CC1. The third-order valence-corrected chi connectivity index (χ3v) is 11.8. The van der Waals surface area contributed by atoms with Crippen LogP contribution in [0.3, 0.4) is 0 Å². The highest BCUT2D eigenvalue weighted by Crippen LogP contribution is 2.46. The molecule has 0 bridgehead atoms. The number of phenolic OH excluding ortho intramolecular Hbond substituents is 1. The van der Waals surface area contributed by atoms with Crippen LogP contribution < -0.4 is 16.2 Å². The standard InChI is InChI=1S/C35H47ClN6O5/c1-34(37)12-18-39(19-13-34)27-9-15-40(16-10-27)35(14-21-43)23-28(41-17-8-26-4-2-3-5-30(26)38-32(41)45)11-20-42(35,33(46)47)24-25-6-7-31(44)29(36)22-25/h2-7,21-22,27-28H,8-20,23-24,37H2,1H3,(H2-,38,44,45,46,47)/t28?,35?,42-/m0/s1. The van der Waals surface area contributed by atoms with E-state index in [-0.39, 0.29) is 47.9 Å². The number of para-hydroxylation sites is 1. The lowest BCUT2D eigenvalue weighted by atomic mass is 9.81. The number of fused-ring (bicyclic) bond motifs is 1. The summed E-state index contributed by atoms with van der Waals surface area (Å²) in [7, 11) is 0. The molecule has 12 heteroatoms. The number of likely N-dealkylation sites (tertiary alicyclic amines) is 3. The number of anilines is 1. The molecule has 0 saturated carbocycles. The number of aldehydes is 1. The van der Waals surface area contributed by atoms with Crippen LogP contribution in [0.4, 0.5) is 15.3 Å². The molecule has 3 saturated heterocycles. The lowest BCUT2D eigenvalue weighted by molar-refractivity contribution is -0.956. The fraction of sp³-hybridized carbons (Fsp3) is 0.571. The first kappa shape index (κ1) is 33.7. The number of hydrogen-bond donors (Lipinski definition) is 3. The topological polar surface area (TPSA) is 142 Å². The molecule has 0 spiro atoms. The number of aromatic hydroxyl groups is 1. The van der Waals surface area contributed by atoms with Crippen molar-refractivity contribution >= 4 is 35.7 Å². The van der Waals surface area contributed by atoms with Gasteiger partial charge in [0, 0.05) is 74.4 Å². The maximum atomic E-state index is 13.7. The van der Waals surface area contributed by atoms with E-state index in [1.807, 2.05) is 29.2 Å². The number of urea groups is 1. The van der Waals surface area contributed by atoms with Crippen LogP contribution in [-0.2, 0) is 17.8 Å². The Morgan fingerprint density at radius 1 is 1.11 bits per heavy atom. The second-order valence-electron chi connectivity index (χ2n) is 14.3. The van der Waals surface area contributed by atoms with Gasteiger partial charge >= 0.3 is 6.03 Å². The molecule has 4 heterocycles. The molecule has 0 aromatic heterocycles. The number of carboxylic acid groups (broad SMARTS) is 1. The lowest BCUT2D eigenvalue weighted by Gasteiger charge is -2.62. The molecule has 11 nitrogen and oxygen atoms in total. The van der Waals surface area contributed by atoms with Gasteiger partial charge in [-0.1, -0.05) is 29.8 Å². The van der Waals surface area contributed by atoms with Crippen molar-refractivity contribution in [2.75, 3.05) is 44.6 Å². The van der Waals surface area contributed by atoms with Crippen LogP contribution in [0, 0.1) is 0 Å². The van der Waals surface area contributed by atoms with Gasteiger partial charge in [0.15, 0.2) is 5.66 Å². The van der Waals surface area contributed by atoms with Crippen LogP contribution in [0.5, 0.6) is 5.75 Å². The molecule has 4 aliphatic heterocycles. The van der Waals surface area contributed by atoms with E-state index in [4.69, 9.17) is 17.3 Å². The van der Waals surface area contributed by atoms with E-state index < -0.39 is 16.2 Å². The molecule has 4 aliphatic rings. The summed E-state index contributed by atoms with van der Waals surface area (Å²) < 4.78 is -0.487. The minimum atomic E-state index is -1.26. The average molecular weight is 667 g/mol. The molecule has 47 heavy (non-hydrogen) atoms. The van der Waals surface area contributed by atoms with Gasteiger partial charge in [-0.3, -0.25) is 9.38 Å². The number of quaternary nitrogens is 1. The Balaban J connectivity index is 1.34. The van der Waals surface area contributed by atoms with Crippen LogP contribution in [0.2, 0.25) is 5.02 Å². The van der Waals surface area contributed by atoms with Gasteiger partial charge in [0.1, 0.15) is 18.6 Å². The Bertz CT molecular complexity index is 1490. The monoisotopic (exact) mass is 666 g/mol. The van der Waals surface area contributed by atoms with Gasteiger partial charge in [-0.05, 0) is 68.9 Å². The maximum absolute atomic E-state index is 13.7. The number of nitrogens with one attached hydrogen (secondary N) is 1. The summed E-state index contributed by atoms with van der Waals surface area (Å²) in [6, 6.07) is 12.3. The summed E-state index contributed by atoms with van der Waals surface area (Å²) >= 11 is 6.29. The highest BCUT2D eigenvalue weighted by Gasteiger charge is 2.61. The van der Waals surface area contributed by atoms with Gasteiger partial charge in [0.05, 0.1) is 18.0 Å². The molecule has 3 fully saturated rings. The number of nitrogens with zero attached hydrogens (tertiary/aromatic N) is 4. The molecular weight excluding hydrogens is 620 g/mol. The molecule has 254 valence electrons. The number of carbonyl (C=O) groups excluding carboxylic acids is 3. The zero-order chi connectivity index (χ0) is 33.4. The molecule has 3 amide bonds. The van der Waals surface area contributed by atoms with Gasteiger partial charge in [-0.2, -0.15) is 0 Å². The van der Waals surface area contributed by atoms with Crippen molar-refractivity contribution in [1.82, 2.24) is 14.7 Å². The summed E-state index contributed by atoms with van der Waals surface area (Å²) in [5.74, 6) is -0.0869. The van der Waals surface area contributed by atoms with Crippen LogP contribution in [0.15, 0.2) is 42.5 Å². The van der Waals surface area contributed by atoms with E-state index in [0.717, 1.165) is 56.3 Å². The van der Waals surface area contributed by atoms with Crippen LogP contribution in [0.1, 0.15) is 63.0 Å². The normalized spacial score (nSPS) is 29.0. The van der Waals surface area contributed by atoms with E-state index in [9.17, 15) is 24.6 Å². The van der Waals surface area contributed by atoms with Gasteiger partial charge in [0.2, 0.25) is 0 Å². The number of piperidine rings is 3. The van der Waals surface area contributed by atoms with Crippen molar-refractivity contribution in [2.24, 2.45) is 5.73 Å². The molecule has 6 rings (SSSR count). The van der Waals surface area contributed by atoms with Gasteiger partial charge in [-0.25, -0.2) is 4.79 Å².